The van der Waals surface area contributed by atoms with Crippen LogP contribution in [0.15, 0.2) is 48.7 Å². The Balaban J connectivity index is 1.85. The molecule has 0 bridgehead atoms. The van der Waals surface area contributed by atoms with E-state index in [4.69, 9.17) is 5.11 Å². The van der Waals surface area contributed by atoms with E-state index in [-0.39, 0.29) is 5.56 Å². The fourth-order valence-electron chi connectivity index (χ4n) is 1.60. The predicted molar refractivity (Wildman–Crippen MR) is 69.8 cm³/mol. The summed E-state index contributed by atoms with van der Waals surface area (Å²) >= 11 is 0. The Morgan fingerprint density at radius 2 is 1.94 bits per heavy atom. The number of carbonyl (C=O) groups is 1. The van der Waals surface area contributed by atoms with Gasteiger partial charge < -0.3 is 10.4 Å². The van der Waals surface area contributed by atoms with E-state index in [1.165, 1.54) is 11.8 Å². The molecule has 2 aromatic rings. The normalized spacial score (nSPS) is 10.0. The first kappa shape index (κ1) is 12.1. The lowest BCUT2D eigenvalue weighted by molar-refractivity contribution is 0.0696. The van der Waals surface area contributed by atoms with Crippen LogP contribution in [0.2, 0.25) is 0 Å². The summed E-state index contributed by atoms with van der Waals surface area (Å²) in [7, 11) is 0. The summed E-state index contributed by atoms with van der Waals surface area (Å²) in [5.74, 6) is -0.269. The third-order valence-corrected chi connectivity index (χ3v) is 2.57. The average molecular weight is 242 g/mol. The van der Waals surface area contributed by atoms with E-state index >= 15 is 0 Å². The molecule has 1 aromatic heterocycles. The van der Waals surface area contributed by atoms with Gasteiger partial charge in [0.25, 0.3) is 0 Å². The fraction of sp³-hybridized carbons (Fsp3) is 0.143. The zero-order chi connectivity index (χ0) is 12.8. The number of hydrogen-bond acceptors (Lipinski definition) is 3. The van der Waals surface area contributed by atoms with Crippen LogP contribution in [-0.2, 0) is 6.42 Å². The van der Waals surface area contributed by atoms with Crippen molar-refractivity contribution in [1.29, 1.82) is 0 Å². The van der Waals surface area contributed by atoms with E-state index in [1.807, 2.05) is 18.2 Å². The van der Waals surface area contributed by atoms with Crippen LogP contribution in [-0.4, -0.2) is 22.6 Å². The SMILES string of the molecule is O=C(O)c1ccc(NCCc2ccccc2)nc1. The van der Waals surface area contributed by atoms with Gasteiger partial charge in [-0.05, 0) is 24.1 Å². The molecule has 2 N–H and O–H groups in total. The second-order valence-corrected chi connectivity index (χ2v) is 3.90. The first-order chi connectivity index (χ1) is 8.75. The van der Waals surface area contributed by atoms with Crippen molar-refractivity contribution in [3.05, 3.63) is 59.8 Å². The highest BCUT2D eigenvalue weighted by molar-refractivity contribution is 5.87. The molecule has 0 unspecified atom stereocenters. The molecule has 0 fully saturated rings. The topological polar surface area (TPSA) is 62.2 Å². The van der Waals surface area contributed by atoms with E-state index in [0.29, 0.717) is 5.82 Å². The molecule has 4 heteroatoms. The third kappa shape index (κ3) is 3.31. The zero-order valence-corrected chi connectivity index (χ0v) is 9.84. The number of nitrogens with one attached hydrogen (secondary N) is 1. The van der Waals surface area contributed by atoms with Crippen molar-refractivity contribution < 1.29 is 9.90 Å². The summed E-state index contributed by atoms with van der Waals surface area (Å²) in [6.07, 6.45) is 2.26. The highest BCUT2D eigenvalue weighted by Gasteiger charge is 2.02. The molecule has 0 aliphatic rings. The van der Waals surface area contributed by atoms with Gasteiger partial charge in [0.05, 0.1) is 5.56 Å². The van der Waals surface area contributed by atoms with Crippen LogP contribution in [0.4, 0.5) is 5.82 Å². The van der Waals surface area contributed by atoms with Gasteiger partial charge >= 0.3 is 5.97 Å². The van der Waals surface area contributed by atoms with Gasteiger partial charge in [-0.15, -0.1) is 0 Å². The molecule has 0 radical (unpaired) electrons. The van der Waals surface area contributed by atoms with E-state index in [0.717, 1.165) is 13.0 Å². The number of pyridine rings is 1. The summed E-state index contributed by atoms with van der Waals surface area (Å²) in [6.45, 7) is 0.767. The second-order valence-electron chi connectivity index (χ2n) is 3.90. The van der Waals surface area contributed by atoms with Crippen molar-refractivity contribution in [2.45, 2.75) is 6.42 Å². The maximum atomic E-state index is 10.7. The minimum Gasteiger partial charge on any atom is -0.478 e. The van der Waals surface area contributed by atoms with Crippen LogP contribution in [0, 0.1) is 0 Å². The fourth-order valence-corrected chi connectivity index (χ4v) is 1.60. The summed E-state index contributed by atoms with van der Waals surface area (Å²) < 4.78 is 0. The maximum absolute atomic E-state index is 10.7. The van der Waals surface area contributed by atoms with Gasteiger partial charge in [0, 0.05) is 12.7 Å². The summed E-state index contributed by atoms with van der Waals surface area (Å²) in [4.78, 5) is 14.7. The molecule has 0 amide bonds. The van der Waals surface area contributed by atoms with Crippen LogP contribution in [0.5, 0.6) is 0 Å². The summed E-state index contributed by atoms with van der Waals surface area (Å²) in [5, 5.41) is 11.9. The number of anilines is 1. The maximum Gasteiger partial charge on any atom is 0.337 e. The smallest absolute Gasteiger partial charge is 0.337 e. The molecular formula is C14H14N2O2. The number of benzene rings is 1. The molecule has 0 spiro atoms. The van der Waals surface area contributed by atoms with Crippen LogP contribution in [0.3, 0.4) is 0 Å². The first-order valence-electron chi connectivity index (χ1n) is 5.73. The van der Waals surface area contributed by atoms with Gasteiger partial charge in [-0.25, -0.2) is 9.78 Å². The van der Waals surface area contributed by atoms with Gasteiger partial charge in [0.1, 0.15) is 5.82 Å². The number of aromatic nitrogens is 1. The molecule has 0 aliphatic carbocycles. The van der Waals surface area contributed by atoms with Crippen LogP contribution >= 0.6 is 0 Å². The minimum atomic E-state index is -0.960. The number of rotatable bonds is 5. The van der Waals surface area contributed by atoms with Crippen LogP contribution in [0.1, 0.15) is 15.9 Å². The molecular weight excluding hydrogens is 228 g/mol. The Kier molecular flexibility index (Phi) is 3.91. The van der Waals surface area contributed by atoms with Crippen molar-refractivity contribution >= 4 is 11.8 Å². The molecule has 0 aliphatic heterocycles. The van der Waals surface area contributed by atoms with Crippen molar-refractivity contribution in [1.82, 2.24) is 4.98 Å². The van der Waals surface area contributed by atoms with E-state index < -0.39 is 5.97 Å². The van der Waals surface area contributed by atoms with Crippen molar-refractivity contribution in [2.75, 3.05) is 11.9 Å². The highest BCUT2D eigenvalue weighted by atomic mass is 16.4. The van der Waals surface area contributed by atoms with Crippen molar-refractivity contribution in [3.8, 4) is 0 Å². The van der Waals surface area contributed by atoms with Crippen LogP contribution in [0.25, 0.3) is 0 Å². The van der Waals surface area contributed by atoms with E-state index in [1.54, 1.807) is 12.1 Å². The van der Waals surface area contributed by atoms with Gasteiger partial charge in [-0.2, -0.15) is 0 Å². The first-order valence-corrected chi connectivity index (χ1v) is 5.73. The molecule has 4 nitrogen and oxygen atoms in total. The van der Waals surface area contributed by atoms with Crippen molar-refractivity contribution in [3.63, 3.8) is 0 Å². The number of aromatic carboxylic acids is 1. The van der Waals surface area contributed by atoms with Crippen LogP contribution < -0.4 is 5.32 Å². The highest BCUT2D eigenvalue weighted by Crippen LogP contribution is 2.06. The Morgan fingerprint density at radius 3 is 2.56 bits per heavy atom. The summed E-state index contributed by atoms with van der Waals surface area (Å²) in [6, 6.07) is 13.4. The Labute approximate surface area is 105 Å². The Morgan fingerprint density at radius 1 is 1.17 bits per heavy atom. The number of hydrogen-bond donors (Lipinski definition) is 2. The van der Waals surface area contributed by atoms with E-state index in [2.05, 4.69) is 22.4 Å². The number of carboxylic acids is 1. The molecule has 2 rings (SSSR count). The second kappa shape index (κ2) is 5.82. The standard InChI is InChI=1S/C14H14N2O2/c17-14(18)12-6-7-13(16-10-12)15-9-8-11-4-2-1-3-5-11/h1-7,10H,8-9H2,(H,15,16)(H,17,18). The number of nitrogens with zero attached hydrogens (tertiary/aromatic N) is 1. The van der Waals surface area contributed by atoms with E-state index in [9.17, 15) is 4.79 Å². The predicted octanol–water partition coefficient (Wildman–Crippen LogP) is 2.43. The minimum absolute atomic E-state index is 0.198. The lowest BCUT2D eigenvalue weighted by Crippen LogP contribution is -2.07. The average Bonchev–Trinajstić information content (AvgIpc) is 2.40. The van der Waals surface area contributed by atoms with Gasteiger partial charge in [0.15, 0.2) is 0 Å². The lowest BCUT2D eigenvalue weighted by Gasteiger charge is -2.05. The summed E-state index contributed by atoms with van der Waals surface area (Å²) in [5.41, 5.74) is 1.45. The van der Waals surface area contributed by atoms with Crippen molar-refractivity contribution in [2.24, 2.45) is 0 Å². The number of carboxylic acid groups (broad SMARTS) is 1. The Bertz CT molecular complexity index is 509. The molecule has 0 saturated heterocycles. The lowest BCUT2D eigenvalue weighted by atomic mass is 10.1. The Hall–Kier alpha value is -2.36. The zero-order valence-electron chi connectivity index (χ0n) is 9.84. The molecule has 18 heavy (non-hydrogen) atoms. The van der Waals surface area contributed by atoms with Gasteiger partial charge in [-0.1, -0.05) is 30.3 Å². The molecule has 1 aromatic carbocycles. The van der Waals surface area contributed by atoms with Gasteiger partial charge in [-0.3, -0.25) is 0 Å². The molecule has 1 heterocycles. The molecule has 0 atom stereocenters. The molecule has 92 valence electrons. The quantitative estimate of drug-likeness (QED) is 0.845. The largest absolute Gasteiger partial charge is 0.478 e. The van der Waals surface area contributed by atoms with Gasteiger partial charge in [0.2, 0.25) is 0 Å². The third-order valence-electron chi connectivity index (χ3n) is 2.57. The molecule has 0 saturated carbocycles. The monoisotopic (exact) mass is 242 g/mol.